The smallest absolute Gasteiger partial charge is 0.257 e. The molecule has 1 aromatic carbocycles. The topological polar surface area (TPSA) is 29.1 Å². The van der Waals surface area contributed by atoms with Gasteiger partial charge < -0.3 is 5.32 Å². The number of hydrogen-bond acceptors (Lipinski definition) is 2. The molecule has 0 saturated carbocycles. The highest BCUT2D eigenvalue weighted by Crippen LogP contribution is 2.22. The average Bonchev–Trinajstić information content (AvgIpc) is 2.43. The average molecular weight is 240 g/mol. The first-order chi connectivity index (χ1) is 7.09. The molecule has 0 aromatic heterocycles. The number of thiocarbonyl (C=S) groups is 1. The zero-order chi connectivity index (χ0) is 11.0. The maximum atomic E-state index is 11.6. The fourth-order valence-electron chi connectivity index (χ4n) is 1.76. The van der Waals surface area contributed by atoms with Crippen molar-refractivity contribution in [1.29, 1.82) is 0 Å². The van der Waals surface area contributed by atoms with Crippen molar-refractivity contribution in [1.82, 2.24) is 5.32 Å². The van der Waals surface area contributed by atoms with Crippen LogP contribution in [0.25, 0.3) is 0 Å². The van der Waals surface area contributed by atoms with Crippen molar-refractivity contribution in [3.8, 4) is 0 Å². The third-order valence-electron chi connectivity index (χ3n) is 2.35. The summed E-state index contributed by atoms with van der Waals surface area (Å²) in [7, 11) is 0. The van der Waals surface area contributed by atoms with E-state index in [0.717, 1.165) is 11.1 Å². The summed E-state index contributed by atoms with van der Waals surface area (Å²) < 4.78 is 0. The monoisotopic (exact) mass is 239 g/mol. The summed E-state index contributed by atoms with van der Waals surface area (Å²) in [6, 6.07) is 5.68. The van der Waals surface area contributed by atoms with E-state index in [1.165, 1.54) is 0 Å². The van der Waals surface area contributed by atoms with Crippen molar-refractivity contribution in [2.45, 2.75) is 18.7 Å². The molecule has 2 nitrogen and oxygen atoms in total. The molecule has 1 N–H and O–H groups in total. The van der Waals surface area contributed by atoms with Crippen LogP contribution >= 0.6 is 23.8 Å². The fourth-order valence-corrected chi connectivity index (χ4v) is 2.19. The van der Waals surface area contributed by atoms with Gasteiger partial charge in [-0.25, -0.2) is 0 Å². The van der Waals surface area contributed by atoms with Gasteiger partial charge in [0.1, 0.15) is 4.99 Å². The Morgan fingerprint density at radius 3 is 2.93 bits per heavy atom. The van der Waals surface area contributed by atoms with E-state index in [2.05, 4.69) is 5.32 Å². The van der Waals surface area contributed by atoms with Crippen molar-refractivity contribution in [3.63, 3.8) is 0 Å². The number of alkyl halides is 1. The van der Waals surface area contributed by atoms with Crippen molar-refractivity contribution in [3.05, 3.63) is 34.9 Å². The lowest BCUT2D eigenvalue weighted by Gasteiger charge is -2.06. The number of rotatable bonds is 2. The van der Waals surface area contributed by atoms with Crippen LogP contribution in [-0.2, 0) is 6.42 Å². The number of fused-ring (bicyclic) bond motifs is 1. The van der Waals surface area contributed by atoms with Crippen LogP contribution in [0.5, 0.6) is 0 Å². The second kappa shape index (κ2) is 3.91. The first-order valence-corrected chi connectivity index (χ1v) is 5.55. The van der Waals surface area contributed by atoms with Crippen molar-refractivity contribution >= 4 is 34.7 Å². The van der Waals surface area contributed by atoms with Gasteiger partial charge in [-0.3, -0.25) is 4.79 Å². The van der Waals surface area contributed by atoms with Crippen molar-refractivity contribution < 1.29 is 4.79 Å². The lowest BCUT2D eigenvalue weighted by Crippen LogP contribution is -2.19. The van der Waals surface area contributed by atoms with Gasteiger partial charge in [-0.1, -0.05) is 30.4 Å². The molecule has 0 saturated heterocycles. The highest BCUT2D eigenvalue weighted by molar-refractivity contribution is 7.80. The van der Waals surface area contributed by atoms with Crippen LogP contribution in [0.3, 0.4) is 0 Å². The molecule has 1 aromatic rings. The van der Waals surface area contributed by atoms with E-state index in [0.29, 0.717) is 17.0 Å². The second-order valence-electron chi connectivity index (χ2n) is 3.61. The maximum absolute atomic E-state index is 11.6. The standard InChI is InChI=1S/C11H10ClNOS/c1-6(12)5-7-3-2-4-8-9(7)10(14)13-11(8)15/h2-4,6H,5H2,1H3,(H,13,14,15). The summed E-state index contributed by atoms with van der Waals surface area (Å²) in [5.74, 6) is -0.108. The van der Waals surface area contributed by atoms with Gasteiger partial charge in [0, 0.05) is 10.9 Å². The molecule has 0 bridgehead atoms. The fraction of sp³-hybridized carbons (Fsp3) is 0.273. The molecule has 1 aliphatic heterocycles. The van der Waals surface area contributed by atoms with E-state index in [1.54, 1.807) is 0 Å². The molecule has 1 unspecified atom stereocenters. The van der Waals surface area contributed by atoms with Gasteiger partial charge in [-0.2, -0.15) is 0 Å². The molecule has 4 heteroatoms. The number of carbonyl (C=O) groups is 1. The molecule has 2 rings (SSSR count). The molecular weight excluding hydrogens is 230 g/mol. The molecule has 0 spiro atoms. The number of carbonyl (C=O) groups excluding carboxylic acids is 1. The summed E-state index contributed by atoms with van der Waals surface area (Å²) in [5, 5.41) is 2.66. The predicted molar refractivity (Wildman–Crippen MR) is 64.6 cm³/mol. The number of nitrogens with one attached hydrogen (secondary N) is 1. The minimum atomic E-state index is -0.108. The molecule has 1 amide bonds. The summed E-state index contributed by atoms with van der Waals surface area (Å²) in [6.45, 7) is 1.91. The highest BCUT2D eigenvalue weighted by Gasteiger charge is 2.26. The summed E-state index contributed by atoms with van der Waals surface area (Å²) >= 11 is 11.0. The van der Waals surface area contributed by atoms with Gasteiger partial charge >= 0.3 is 0 Å². The van der Waals surface area contributed by atoms with Gasteiger partial charge in [0.05, 0.1) is 5.56 Å². The Bertz CT molecular complexity index is 442. The molecule has 0 fully saturated rings. The lowest BCUT2D eigenvalue weighted by molar-refractivity contribution is 0.0983. The van der Waals surface area contributed by atoms with Crippen molar-refractivity contribution in [2.24, 2.45) is 0 Å². The zero-order valence-electron chi connectivity index (χ0n) is 8.21. The van der Waals surface area contributed by atoms with Crippen LogP contribution < -0.4 is 5.32 Å². The minimum Gasteiger partial charge on any atom is -0.312 e. The summed E-state index contributed by atoms with van der Waals surface area (Å²) in [5.41, 5.74) is 2.48. The summed E-state index contributed by atoms with van der Waals surface area (Å²) in [4.78, 5) is 12.1. The van der Waals surface area contributed by atoms with Gasteiger partial charge in [-0.05, 0) is 18.9 Å². The molecule has 78 valence electrons. The predicted octanol–water partition coefficient (Wildman–Crippen LogP) is 2.28. The quantitative estimate of drug-likeness (QED) is 0.634. The Kier molecular flexibility index (Phi) is 2.76. The zero-order valence-corrected chi connectivity index (χ0v) is 9.78. The largest absolute Gasteiger partial charge is 0.312 e. The van der Waals surface area contributed by atoms with Crippen LogP contribution in [-0.4, -0.2) is 16.3 Å². The number of hydrogen-bond donors (Lipinski definition) is 1. The van der Waals surface area contributed by atoms with Crippen molar-refractivity contribution in [2.75, 3.05) is 0 Å². The molecule has 15 heavy (non-hydrogen) atoms. The molecule has 1 aliphatic rings. The number of benzene rings is 1. The van der Waals surface area contributed by atoms with Crippen LogP contribution in [0.2, 0.25) is 0 Å². The van der Waals surface area contributed by atoms with E-state index >= 15 is 0 Å². The first kappa shape index (κ1) is 10.6. The Morgan fingerprint density at radius 1 is 1.53 bits per heavy atom. The van der Waals surface area contributed by atoms with Crippen LogP contribution in [0, 0.1) is 0 Å². The van der Waals surface area contributed by atoms with Gasteiger partial charge in [0.2, 0.25) is 0 Å². The van der Waals surface area contributed by atoms with E-state index < -0.39 is 0 Å². The molecule has 1 atom stereocenters. The summed E-state index contributed by atoms with van der Waals surface area (Å²) in [6.07, 6.45) is 0.681. The Balaban J connectivity index is 2.50. The van der Waals surface area contributed by atoms with Gasteiger partial charge in [0.25, 0.3) is 5.91 Å². The third kappa shape index (κ3) is 1.90. The van der Waals surface area contributed by atoms with E-state index in [4.69, 9.17) is 23.8 Å². The van der Waals surface area contributed by atoms with E-state index in [9.17, 15) is 4.79 Å². The SMILES string of the molecule is CC(Cl)Cc1cccc2c1C(=O)NC2=S. The normalized spacial score (nSPS) is 16.1. The highest BCUT2D eigenvalue weighted by atomic mass is 35.5. The number of halogens is 1. The third-order valence-corrected chi connectivity index (χ3v) is 2.83. The van der Waals surface area contributed by atoms with Crippen LogP contribution in [0.15, 0.2) is 18.2 Å². The molecule has 0 aliphatic carbocycles. The maximum Gasteiger partial charge on any atom is 0.257 e. The first-order valence-electron chi connectivity index (χ1n) is 4.71. The molecule has 1 heterocycles. The molecule has 0 radical (unpaired) electrons. The number of amides is 1. The lowest BCUT2D eigenvalue weighted by atomic mass is 9.99. The Hall–Kier alpha value is -0.930. The van der Waals surface area contributed by atoms with Gasteiger partial charge in [0.15, 0.2) is 0 Å². The van der Waals surface area contributed by atoms with Crippen LogP contribution in [0.4, 0.5) is 0 Å². The van der Waals surface area contributed by atoms with E-state index in [-0.39, 0.29) is 11.3 Å². The Morgan fingerprint density at radius 2 is 2.27 bits per heavy atom. The minimum absolute atomic E-state index is 0.0125. The van der Waals surface area contributed by atoms with Gasteiger partial charge in [-0.15, -0.1) is 11.6 Å². The van der Waals surface area contributed by atoms with E-state index in [1.807, 2.05) is 25.1 Å². The Labute approximate surface area is 98.6 Å². The second-order valence-corrected chi connectivity index (χ2v) is 4.76. The van der Waals surface area contributed by atoms with Crippen LogP contribution in [0.1, 0.15) is 28.4 Å². The molecular formula is C11H10ClNOS.